The zero-order valence-electron chi connectivity index (χ0n) is 16.1. The van der Waals surface area contributed by atoms with Gasteiger partial charge in [-0.05, 0) is 43.5 Å². The number of piperidine rings is 1. The Morgan fingerprint density at radius 3 is 2.43 bits per heavy atom. The summed E-state index contributed by atoms with van der Waals surface area (Å²) in [4.78, 5) is 10.9. The van der Waals surface area contributed by atoms with Crippen molar-refractivity contribution in [2.24, 2.45) is 0 Å². The first-order valence-corrected chi connectivity index (χ1v) is 10.1. The average molecular weight is 433 g/mol. The van der Waals surface area contributed by atoms with Crippen molar-refractivity contribution in [3.8, 4) is 11.4 Å². The zero-order valence-corrected chi connectivity index (χ0v) is 16.8. The average Bonchev–Trinajstić information content (AvgIpc) is 2.74. The van der Waals surface area contributed by atoms with Gasteiger partial charge in [-0.25, -0.2) is 9.97 Å². The van der Waals surface area contributed by atoms with E-state index in [1.807, 2.05) is 24.3 Å². The molecule has 0 unspecified atom stereocenters. The third-order valence-corrected chi connectivity index (χ3v) is 5.20. The second kappa shape index (κ2) is 8.52. The van der Waals surface area contributed by atoms with E-state index in [-0.39, 0.29) is 16.5 Å². The number of nitrogens with one attached hydrogen (secondary N) is 1. The Bertz CT molecular complexity index is 1030. The van der Waals surface area contributed by atoms with E-state index in [2.05, 4.69) is 20.2 Å². The smallest absolute Gasteiger partial charge is 0.370 e. The number of para-hydroxylation sites is 2. The molecule has 0 radical (unpaired) electrons. The van der Waals surface area contributed by atoms with Crippen molar-refractivity contribution in [3.63, 3.8) is 0 Å². The van der Waals surface area contributed by atoms with Crippen LogP contribution in [0.4, 0.5) is 30.4 Å². The van der Waals surface area contributed by atoms with E-state index >= 15 is 0 Å². The minimum Gasteiger partial charge on any atom is -0.370 e. The van der Waals surface area contributed by atoms with E-state index in [1.165, 1.54) is 18.6 Å². The van der Waals surface area contributed by atoms with Crippen LogP contribution >= 0.6 is 11.6 Å². The monoisotopic (exact) mass is 432 g/mol. The summed E-state index contributed by atoms with van der Waals surface area (Å²) in [6.07, 6.45) is -0.919. The number of hydrogen-bond donors (Lipinski definition) is 1. The lowest BCUT2D eigenvalue weighted by atomic mass is 10.1. The molecular formula is C22H20ClF3N4. The van der Waals surface area contributed by atoms with E-state index in [0.29, 0.717) is 5.82 Å². The second-order valence-corrected chi connectivity index (χ2v) is 7.56. The maximum Gasteiger partial charge on any atom is 0.416 e. The molecule has 0 saturated carbocycles. The summed E-state index contributed by atoms with van der Waals surface area (Å²) in [5, 5.41) is 3.41. The van der Waals surface area contributed by atoms with Crippen LogP contribution in [0, 0.1) is 0 Å². The zero-order chi connectivity index (χ0) is 21.1. The highest BCUT2D eigenvalue weighted by Crippen LogP contribution is 2.33. The normalized spacial score (nSPS) is 14.6. The molecule has 0 spiro atoms. The molecule has 30 heavy (non-hydrogen) atoms. The third-order valence-electron chi connectivity index (χ3n) is 5.01. The maximum atomic E-state index is 13.1. The number of alkyl halides is 3. The number of benzene rings is 2. The standard InChI is InChI=1S/C22H20ClF3N4/c23-19-14-20(27-17-9-2-3-10-18(17)30-11-4-1-5-12-30)29-21(28-19)15-7-6-8-16(13-15)22(24,25)26/h2-3,6-10,13-14H,1,4-5,11-12H2,(H,27,28,29). The Morgan fingerprint density at radius 1 is 0.900 bits per heavy atom. The summed E-state index contributed by atoms with van der Waals surface area (Å²) in [6.45, 7) is 1.97. The minimum atomic E-state index is -4.44. The van der Waals surface area contributed by atoms with Gasteiger partial charge in [-0.2, -0.15) is 13.2 Å². The molecule has 0 atom stereocenters. The van der Waals surface area contributed by atoms with Crippen LogP contribution in [0.15, 0.2) is 54.6 Å². The number of aromatic nitrogens is 2. The molecule has 1 aliphatic heterocycles. The first kappa shape index (κ1) is 20.5. The molecule has 1 fully saturated rings. The summed E-state index contributed by atoms with van der Waals surface area (Å²) in [5.74, 6) is 0.554. The molecule has 156 valence electrons. The highest BCUT2D eigenvalue weighted by molar-refractivity contribution is 6.29. The SMILES string of the molecule is FC(F)(F)c1cccc(-c2nc(Cl)cc(Nc3ccccc3N3CCCCC3)n2)c1. The van der Waals surface area contributed by atoms with E-state index in [1.54, 1.807) is 6.07 Å². The summed E-state index contributed by atoms with van der Waals surface area (Å²) >= 11 is 6.16. The molecule has 0 aliphatic carbocycles. The molecule has 2 aromatic carbocycles. The van der Waals surface area contributed by atoms with Crippen LogP contribution in [0.3, 0.4) is 0 Å². The minimum absolute atomic E-state index is 0.131. The molecule has 3 aromatic rings. The van der Waals surface area contributed by atoms with Crippen LogP contribution in [0.1, 0.15) is 24.8 Å². The molecular weight excluding hydrogens is 413 g/mol. The Hall–Kier alpha value is -2.80. The summed E-state index contributed by atoms with van der Waals surface area (Å²) in [7, 11) is 0. The first-order chi connectivity index (χ1) is 14.4. The molecule has 2 heterocycles. The predicted molar refractivity (Wildman–Crippen MR) is 113 cm³/mol. The lowest BCUT2D eigenvalue weighted by molar-refractivity contribution is -0.137. The van der Waals surface area contributed by atoms with Crippen LogP contribution in [-0.2, 0) is 6.18 Å². The van der Waals surface area contributed by atoms with Crippen molar-refractivity contribution in [3.05, 3.63) is 65.3 Å². The van der Waals surface area contributed by atoms with E-state index in [9.17, 15) is 13.2 Å². The van der Waals surface area contributed by atoms with Gasteiger partial charge >= 0.3 is 6.18 Å². The summed E-state index contributed by atoms with van der Waals surface area (Å²) < 4.78 is 39.2. The largest absolute Gasteiger partial charge is 0.416 e. The van der Waals surface area contributed by atoms with Gasteiger partial charge in [0.25, 0.3) is 0 Å². The fourth-order valence-electron chi connectivity index (χ4n) is 3.57. The lowest BCUT2D eigenvalue weighted by Gasteiger charge is -2.30. The number of nitrogens with zero attached hydrogens (tertiary/aromatic N) is 3. The Labute approximate surface area is 177 Å². The fraction of sp³-hybridized carbons (Fsp3) is 0.273. The molecule has 1 aliphatic rings. The van der Waals surface area contributed by atoms with Gasteiger partial charge in [0.2, 0.25) is 0 Å². The van der Waals surface area contributed by atoms with Crippen molar-refractivity contribution >= 4 is 28.8 Å². The van der Waals surface area contributed by atoms with E-state index in [4.69, 9.17) is 11.6 Å². The summed E-state index contributed by atoms with van der Waals surface area (Å²) in [5.41, 5.74) is 1.42. The third kappa shape index (κ3) is 4.67. The van der Waals surface area contributed by atoms with Gasteiger partial charge in [0.15, 0.2) is 5.82 Å². The van der Waals surface area contributed by atoms with Crippen LogP contribution in [0.5, 0.6) is 0 Å². The second-order valence-electron chi connectivity index (χ2n) is 7.17. The van der Waals surface area contributed by atoms with Crippen molar-refractivity contribution < 1.29 is 13.2 Å². The predicted octanol–water partition coefficient (Wildman–Crippen LogP) is 6.55. The van der Waals surface area contributed by atoms with Crippen molar-refractivity contribution in [2.75, 3.05) is 23.3 Å². The highest BCUT2D eigenvalue weighted by Gasteiger charge is 2.30. The van der Waals surface area contributed by atoms with Gasteiger partial charge < -0.3 is 10.2 Å². The van der Waals surface area contributed by atoms with Crippen LogP contribution in [0.2, 0.25) is 5.15 Å². The van der Waals surface area contributed by atoms with E-state index < -0.39 is 11.7 Å². The number of halogens is 4. The first-order valence-electron chi connectivity index (χ1n) is 9.73. The van der Waals surface area contributed by atoms with Crippen LogP contribution in [-0.4, -0.2) is 23.1 Å². The van der Waals surface area contributed by atoms with Crippen LogP contribution in [0.25, 0.3) is 11.4 Å². The number of hydrogen-bond acceptors (Lipinski definition) is 4. The van der Waals surface area contributed by atoms with Crippen molar-refractivity contribution in [1.29, 1.82) is 0 Å². The van der Waals surface area contributed by atoms with Crippen molar-refractivity contribution in [1.82, 2.24) is 9.97 Å². The number of anilines is 3. The van der Waals surface area contributed by atoms with E-state index in [0.717, 1.165) is 49.4 Å². The molecule has 8 heteroatoms. The Morgan fingerprint density at radius 2 is 1.67 bits per heavy atom. The fourth-order valence-corrected chi connectivity index (χ4v) is 3.76. The van der Waals surface area contributed by atoms with Gasteiger partial charge in [-0.3, -0.25) is 0 Å². The van der Waals surface area contributed by atoms with Gasteiger partial charge in [-0.15, -0.1) is 0 Å². The Balaban J connectivity index is 1.66. The molecule has 4 nitrogen and oxygen atoms in total. The Kier molecular flexibility index (Phi) is 5.81. The molecule has 0 bridgehead atoms. The molecule has 1 saturated heterocycles. The topological polar surface area (TPSA) is 41.1 Å². The molecule has 1 aromatic heterocycles. The molecule has 0 amide bonds. The number of rotatable bonds is 4. The van der Waals surface area contributed by atoms with Crippen LogP contribution < -0.4 is 10.2 Å². The van der Waals surface area contributed by atoms with Gasteiger partial charge in [-0.1, -0.05) is 35.9 Å². The molecule has 1 N–H and O–H groups in total. The van der Waals surface area contributed by atoms with Crippen molar-refractivity contribution in [2.45, 2.75) is 25.4 Å². The molecule has 4 rings (SSSR count). The van der Waals surface area contributed by atoms with Gasteiger partial charge in [0.05, 0.1) is 16.9 Å². The maximum absolute atomic E-state index is 13.1. The van der Waals surface area contributed by atoms with Gasteiger partial charge in [0.1, 0.15) is 11.0 Å². The lowest BCUT2D eigenvalue weighted by Crippen LogP contribution is -2.29. The van der Waals surface area contributed by atoms with Gasteiger partial charge in [0, 0.05) is 24.7 Å². The quantitative estimate of drug-likeness (QED) is 0.474. The highest BCUT2D eigenvalue weighted by atomic mass is 35.5. The summed E-state index contributed by atoms with van der Waals surface area (Å²) in [6, 6.07) is 14.4.